The molecule has 0 atom stereocenters. The molecule has 0 spiro atoms. The van der Waals surface area contributed by atoms with Crippen LogP contribution in [-0.2, 0) is 9.53 Å². The molecule has 0 saturated heterocycles. The molecule has 1 aliphatic rings. The van der Waals surface area contributed by atoms with Gasteiger partial charge < -0.3 is 4.74 Å². The van der Waals surface area contributed by atoms with Gasteiger partial charge in [0.25, 0.3) is 0 Å². The van der Waals surface area contributed by atoms with E-state index in [1.165, 1.54) is 102 Å². The summed E-state index contributed by atoms with van der Waals surface area (Å²) in [4.78, 5) is 11.5. The first kappa shape index (κ1) is 20.3. The number of esters is 1. The van der Waals surface area contributed by atoms with Crippen LogP contribution in [0.1, 0.15) is 109 Å². The molecule has 0 bridgehead atoms. The highest BCUT2D eigenvalue weighted by molar-refractivity contribution is 5.81. The van der Waals surface area contributed by atoms with Crippen molar-refractivity contribution in [1.29, 1.82) is 0 Å². The minimum absolute atomic E-state index is 0.111. The summed E-state index contributed by atoms with van der Waals surface area (Å²) in [5.74, 6) is -0.253. The van der Waals surface area contributed by atoms with Gasteiger partial charge in [0.1, 0.15) is 6.10 Å². The van der Waals surface area contributed by atoms with Crippen LogP contribution >= 0.6 is 0 Å². The maximum Gasteiger partial charge on any atom is 0.330 e. The van der Waals surface area contributed by atoms with Crippen LogP contribution in [0.4, 0.5) is 0 Å². The fourth-order valence-corrected chi connectivity index (χ4v) is 3.52. The van der Waals surface area contributed by atoms with E-state index in [0.717, 1.165) is 12.8 Å². The van der Waals surface area contributed by atoms with Crippen molar-refractivity contribution in [3.63, 3.8) is 0 Å². The first-order valence-corrected chi connectivity index (χ1v) is 10.2. The minimum Gasteiger partial charge on any atom is -0.459 e. The summed E-state index contributed by atoms with van der Waals surface area (Å²) in [6.45, 7) is 3.51. The molecule has 2 nitrogen and oxygen atoms in total. The number of hydrogen-bond acceptors (Lipinski definition) is 2. The van der Waals surface area contributed by atoms with Crippen molar-refractivity contribution in [3.8, 4) is 0 Å². The van der Waals surface area contributed by atoms with E-state index >= 15 is 0 Å². The van der Waals surface area contributed by atoms with Gasteiger partial charge in [-0.1, -0.05) is 90.0 Å². The van der Waals surface area contributed by atoms with Gasteiger partial charge in [-0.25, -0.2) is 4.79 Å². The molecule has 1 rings (SSSR count). The van der Waals surface area contributed by atoms with Gasteiger partial charge >= 0.3 is 5.97 Å². The second-order valence-electron chi connectivity index (χ2n) is 7.14. The summed E-state index contributed by atoms with van der Waals surface area (Å²) in [6.07, 6.45) is 23.7. The van der Waals surface area contributed by atoms with Crippen molar-refractivity contribution in [2.24, 2.45) is 0 Å². The lowest BCUT2D eigenvalue weighted by atomic mass is 10.00. The second-order valence-corrected chi connectivity index (χ2v) is 7.14. The molecule has 1 saturated carbocycles. The Labute approximate surface area is 144 Å². The van der Waals surface area contributed by atoms with Crippen LogP contribution in [0.2, 0.25) is 0 Å². The molecule has 0 heterocycles. The third-order valence-electron chi connectivity index (χ3n) is 5.00. The summed E-state index contributed by atoms with van der Waals surface area (Å²) in [5.41, 5.74) is 0. The molecule has 0 radical (unpaired) electrons. The lowest BCUT2D eigenvalue weighted by molar-refractivity contribution is -0.143. The molecule has 1 fully saturated rings. The molecule has 23 heavy (non-hydrogen) atoms. The van der Waals surface area contributed by atoms with Gasteiger partial charge in [0.15, 0.2) is 0 Å². The lowest BCUT2D eigenvalue weighted by Crippen LogP contribution is -2.16. The number of carbonyl (C=O) groups excluding carboxylic acids is 1. The predicted octanol–water partition coefficient (Wildman–Crippen LogP) is 6.73. The van der Waals surface area contributed by atoms with Crippen molar-refractivity contribution in [2.75, 3.05) is 0 Å². The van der Waals surface area contributed by atoms with Gasteiger partial charge in [0, 0.05) is 6.08 Å². The number of ether oxygens (including phenoxy) is 1. The fraction of sp³-hybridized carbons (Fsp3) is 0.857. The second kappa shape index (κ2) is 14.8. The van der Waals surface area contributed by atoms with Crippen molar-refractivity contribution < 1.29 is 9.53 Å². The fourth-order valence-electron chi connectivity index (χ4n) is 3.52. The Hall–Kier alpha value is -0.790. The molecule has 0 aromatic heterocycles. The van der Waals surface area contributed by atoms with E-state index < -0.39 is 0 Å². The van der Waals surface area contributed by atoms with Gasteiger partial charge in [-0.2, -0.15) is 0 Å². The SMILES string of the molecule is C=CC(=O)OC1CCCCCCCCCCCCCCCCC1. The number of rotatable bonds is 2. The van der Waals surface area contributed by atoms with Gasteiger partial charge in [-0.15, -0.1) is 0 Å². The molecular weight excluding hydrogens is 284 g/mol. The predicted molar refractivity (Wildman–Crippen MR) is 98.6 cm³/mol. The topological polar surface area (TPSA) is 26.3 Å². The van der Waals surface area contributed by atoms with E-state index in [1.807, 2.05) is 0 Å². The largest absolute Gasteiger partial charge is 0.459 e. The molecule has 0 aromatic rings. The van der Waals surface area contributed by atoms with E-state index in [9.17, 15) is 4.79 Å². The van der Waals surface area contributed by atoms with Crippen LogP contribution in [0.5, 0.6) is 0 Å². The van der Waals surface area contributed by atoms with E-state index in [0.29, 0.717) is 0 Å². The van der Waals surface area contributed by atoms with E-state index in [2.05, 4.69) is 6.58 Å². The smallest absolute Gasteiger partial charge is 0.330 e. The highest BCUT2D eigenvalue weighted by atomic mass is 16.5. The van der Waals surface area contributed by atoms with E-state index in [4.69, 9.17) is 4.74 Å². The standard InChI is InChI=1S/C21H38O2/c1-2-21(22)23-20-18-16-14-12-10-8-6-4-3-5-7-9-11-13-15-17-19-20/h2,20H,1,3-19H2. The Kier molecular flexibility index (Phi) is 13.0. The van der Waals surface area contributed by atoms with Crippen LogP contribution in [0, 0.1) is 0 Å². The van der Waals surface area contributed by atoms with Gasteiger partial charge in [0.2, 0.25) is 0 Å². The van der Waals surface area contributed by atoms with Crippen LogP contribution in [0.3, 0.4) is 0 Å². The summed E-state index contributed by atoms with van der Waals surface area (Å²) in [5, 5.41) is 0. The van der Waals surface area contributed by atoms with E-state index in [-0.39, 0.29) is 12.1 Å². The highest BCUT2D eigenvalue weighted by Gasteiger charge is 2.12. The van der Waals surface area contributed by atoms with Gasteiger partial charge in [-0.3, -0.25) is 0 Å². The Bertz CT molecular complexity index is 280. The zero-order valence-corrected chi connectivity index (χ0v) is 15.2. The molecule has 134 valence electrons. The quantitative estimate of drug-likeness (QED) is 0.416. The summed E-state index contributed by atoms with van der Waals surface area (Å²) < 4.78 is 5.52. The molecule has 2 heteroatoms. The Balaban J connectivity index is 2.29. The van der Waals surface area contributed by atoms with Crippen molar-refractivity contribution in [2.45, 2.75) is 115 Å². The van der Waals surface area contributed by atoms with E-state index in [1.54, 1.807) is 0 Å². The molecule has 0 aromatic carbocycles. The zero-order valence-electron chi connectivity index (χ0n) is 15.2. The molecule has 0 unspecified atom stereocenters. The van der Waals surface area contributed by atoms with Crippen LogP contribution < -0.4 is 0 Å². The molecular formula is C21H38O2. The lowest BCUT2D eigenvalue weighted by Gasteiger charge is -2.17. The molecule has 0 aliphatic heterocycles. The molecule has 0 N–H and O–H groups in total. The van der Waals surface area contributed by atoms with Crippen LogP contribution in [0.25, 0.3) is 0 Å². The first-order valence-electron chi connectivity index (χ1n) is 10.2. The normalized spacial score (nSPS) is 21.7. The number of hydrogen-bond donors (Lipinski definition) is 0. The van der Waals surface area contributed by atoms with Gasteiger partial charge in [0.05, 0.1) is 0 Å². The monoisotopic (exact) mass is 322 g/mol. The summed E-state index contributed by atoms with van der Waals surface area (Å²) in [7, 11) is 0. The maximum atomic E-state index is 11.5. The first-order chi connectivity index (χ1) is 11.3. The maximum absolute atomic E-state index is 11.5. The van der Waals surface area contributed by atoms with Gasteiger partial charge in [-0.05, 0) is 25.7 Å². The van der Waals surface area contributed by atoms with Crippen molar-refractivity contribution in [1.82, 2.24) is 0 Å². The zero-order chi connectivity index (χ0) is 16.6. The molecule has 0 amide bonds. The third-order valence-corrected chi connectivity index (χ3v) is 5.00. The van der Waals surface area contributed by atoms with Crippen molar-refractivity contribution >= 4 is 5.97 Å². The Morgan fingerprint density at radius 2 is 0.957 bits per heavy atom. The average molecular weight is 323 g/mol. The van der Waals surface area contributed by atoms with Crippen LogP contribution in [-0.4, -0.2) is 12.1 Å². The minimum atomic E-state index is -0.253. The summed E-state index contributed by atoms with van der Waals surface area (Å²) in [6, 6.07) is 0. The average Bonchev–Trinajstić information content (AvgIpc) is 2.56. The van der Waals surface area contributed by atoms with Crippen LogP contribution in [0.15, 0.2) is 12.7 Å². The highest BCUT2D eigenvalue weighted by Crippen LogP contribution is 2.18. The number of carbonyl (C=O) groups is 1. The van der Waals surface area contributed by atoms with Crippen molar-refractivity contribution in [3.05, 3.63) is 12.7 Å². The third kappa shape index (κ3) is 12.3. The molecule has 1 aliphatic carbocycles. The Morgan fingerprint density at radius 1 is 0.652 bits per heavy atom. The Morgan fingerprint density at radius 3 is 1.26 bits per heavy atom. The summed E-state index contributed by atoms with van der Waals surface area (Å²) >= 11 is 0.